The van der Waals surface area contributed by atoms with E-state index in [9.17, 15) is 18.4 Å². The van der Waals surface area contributed by atoms with Crippen LogP contribution >= 0.6 is 11.3 Å². The van der Waals surface area contributed by atoms with Crippen LogP contribution in [0, 0.1) is 11.6 Å². The van der Waals surface area contributed by atoms with Crippen LogP contribution in [0.15, 0.2) is 23.6 Å². The van der Waals surface area contributed by atoms with E-state index in [4.69, 9.17) is 5.11 Å². The van der Waals surface area contributed by atoms with E-state index in [2.05, 4.69) is 10.3 Å². The van der Waals surface area contributed by atoms with Gasteiger partial charge in [0.15, 0.2) is 5.69 Å². The fourth-order valence-corrected chi connectivity index (χ4v) is 2.39. The number of rotatable bonds is 4. The summed E-state index contributed by atoms with van der Waals surface area (Å²) in [6.07, 6.45) is 0. The third kappa shape index (κ3) is 3.40. The average Bonchev–Trinajstić information content (AvgIpc) is 2.91. The Labute approximate surface area is 122 Å². The molecule has 0 aliphatic rings. The van der Waals surface area contributed by atoms with Gasteiger partial charge >= 0.3 is 5.97 Å². The summed E-state index contributed by atoms with van der Waals surface area (Å²) in [6.45, 7) is 1.57. The first-order chi connectivity index (χ1) is 9.88. The molecule has 1 heterocycles. The minimum Gasteiger partial charge on any atom is -0.476 e. The molecule has 1 atom stereocenters. The van der Waals surface area contributed by atoms with Gasteiger partial charge in [0.2, 0.25) is 0 Å². The van der Waals surface area contributed by atoms with Gasteiger partial charge in [-0.15, -0.1) is 11.3 Å². The predicted octanol–water partition coefficient (Wildman–Crippen LogP) is 2.61. The topological polar surface area (TPSA) is 79.3 Å². The van der Waals surface area contributed by atoms with E-state index < -0.39 is 35.1 Å². The quantitative estimate of drug-likeness (QED) is 0.909. The van der Waals surface area contributed by atoms with Gasteiger partial charge in [-0.2, -0.15) is 0 Å². The van der Waals surface area contributed by atoms with E-state index in [0.29, 0.717) is 5.01 Å². The van der Waals surface area contributed by atoms with Crippen LogP contribution < -0.4 is 5.32 Å². The average molecular weight is 312 g/mol. The highest BCUT2D eigenvalue weighted by molar-refractivity contribution is 7.09. The molecule has 1 aromatic heterocycles. The van der Waals surface area contributed by atoms with Gasteiger partial charge in [-0.1, -0.05) is 0 Å². The minimum atomic E-state index is -1.17. The van der Waals surface area contributed by atoms with Gasteiger partial charge in [-0.3, -0.25) is 4.79 Å². The highest BCUT2D eigenvalue weighted by atomic mass is 32.1. The molecular formula is C13H10F2N2O3S. The number of aromatic carboxylic acids is 1. The second kappa shape index (κ2) is 5.96. The fourth-order valence-electron chi connectivity index (χ4n) is 1.59. The third-order valence-corrected chi connectivity index (χ3v) is 3.66. The zero-order chi connectivity index (χ0) is 15.6. The summed E-state index contributed by atoms with van der Waals surface area (Å²) < 4.78 is 26.5. The normalized spacial score (nSPS) is 12.0. The molecule has 0 radical (unpaired) electrons. The van der Waals surface area contributed by atoms with Crippen molar-refractivity contribution in [2.45, 2.75) is 13.0 Å². The van der Waals surface area contributed by atoms with Gasteiger partial charge in [0.05, 0.1) is 11.6 Å². The Morgan fingerprint density at radius 3 is 2.71 bits per heavy atom. The lowest BCUT2D eigenvalue weighted by Crippen LogP contribution is -2.27. The lowest BCUT2D eigenvalue weighted by molar-refractivity contribution is 0.0691. The molecule has 0 saturated carbocycles. The minimum absolute atomic E-state index is 0.131. The number of nitrogens with one attached hydrogen (secondary N) is 1. The summed E-state index contributed by atoms with van der Waals surface area (Å²) >= 11 is 1.06. The molecule has 2 N–H and O–H groups in total. The molecule has 8 heteroatoms. The number of carbonyl (C=O) groups is 2. The van der Waals surface area contributed by atoms with Crippen molar-refractivity contribution >= 4 is 23.2 Å². The van der Waals surface area contributed by atoms with E-state index in [-0.39, 0.29) is 5.69 Å². The van der Waals surface area contributed by atoms with Crippen LogP contribution in [-0.4, -0.2) is 22.0 Å². The van der Waals surface area contributed by atoms with Gasteiger partial charge in [-0.05, 0) is 25.1 Å². The number of carbonyl (C=O) groups excluding carboxylic acids is 1. The fraction of sp³-hybridized carbons (Fsp3) is 0.154. The highest BCUT2D eigenvalue weighted by Crippen LogP contribution is 2.19. The van der Waals surface area contributed by atoms with Crippen molar-refractivity contribution in [1.82, 2.24) is 10.3 Å². The zero-order valence-corrected chi connectivity index (χ0v) is 11.6. The molecule has 0 bridgehead atoms. The maximum atomic E-state index is 13.5. The molecule has 0 aliphatic carbocycles. The number of carboxylic acid groups (broad SMARTS) is 1. The van der Waals surface area contributed by atoms with Crippen LogP contribution in [0.1, 0.15) is 38.8 Å². The number of nitrogens with zero attached hydrogens (tertiary/aromatic N) is 1. The Morgan fingerprint density at radius 2 is 2.10 bits per heavy atom. The van der Waals surface area contributed by atoms with E-state index in [1.165, 1.54) is 5.38 Å². The molecule has 21 heavy (non-hydrogen) atoms. The summed E-state index contributed by atoms with van der Waals surface area (Å²) in [7, 11) is 0. The van der Waals surface area contributed by atoms with Gasteiger partial charge in [0, 0.05) is 5.38 Å². The van der Waals surface area contributed by atoms with Gasteiger partial charge in [-0.25, -0.2) is 18.6 Å². The lowest BCUT2D eigenvalue weighted by Gasteiger charge is -2.11. The van der Waals surface area contributed by atoms with E-state index in [1.807, 2.05) is 0 Å². The summed E-state index contributed by atoms with van der Waals surface area (Å²) in [4.78, 5) is 26.4. The van der Waals surface area contributed by atoms with Crippen LogP contribution in [0.4, 0.5) is 8.78 Å². The first kappa shape index (κ1) is 15.0. The Bertz CT molecular complexity index is 702. The van der Waals surface area contributed by atoms with Gasteiger partial charge in [0.25, 0.3) is 5.91 Å². The van der Waals surface area contributed by atoms with E-state index >= 15 is 0 Å². The summed E-state index contributed by atoms with van der Waals surface area (Å²) in [5, 5.41) is 12.9. The second-order valence-electron chi connectivity index (χ2n) is 4.20. The summed E-state index contributed by atoms with van der Waals surface area (Å²) in [5.41, 5.74) is -0.551. The van der Waals surface area contributed by atoms with Crippen molar-refractivity contribution in [1.29, 1.82) is 0 Å². The summed E-state index contributed by atoms with van der Waals surface area (Å²) in [5.74, 6) is -3.54. The Kier molecular flexibility index (Phi) is 4.27. The molecule has 2 rings (SSSR count). The smallest absolute Gasteiger partial charge is 0.355 e. The SMILES string of the molecule is CC(NC(=O)c1cc(F)ccc1F)c1nc(C(=O)O)cs1. The molecule has 0 saturated heterocycles. The number of hydrogen-bond acceptors (Lipinski definition) is 4. The van der Waals surface area contributed by atoms with Crippen molar-refractivity contribution in [2.75, 3.05) is 0 Å². The number of hydrogen-bond donors (Lipinski definition) is 2. The number of thiazole rings is 1. The van der Waals surface area contributed by atoms with Gasteiger partial charge in [0.1, 0.15) is 16.6 Å². The van der Waals surface area contributed by atoms with Crippen molar-refractivity contribution in [3.05, 3.63) is 51.5 Å². The zero-order valence-electron chi connectivity index (χ0n) is 10.8. The maximum absolute atomic E-state index is 13.5. The Balaban J connectivity index is 2.14. The molecule has 2 aromatic rings. The molecule has 5 nitrogen and oxygen atoms in total. The van der Waals surface area contributed by atoms with Crippen LogP contribution in [0.2, 0.25) is 0 Å². The highest BCUT2D eigenvalue weighted by Gasteiger charge is 2.19. The molecule has 1 amide bonds. The molecule has 0 aliphatic heterocycles. The largest absolute Gasteiger partial charge is 0.476 e. The number of carboxylic acids is 1. The van der Waals surface area contributed by atoms with Crippen molar-refractivity contribution < 1.29 is 23.5 Å². The first-order valence-electron chi connectivity index (χ1n) is 5.83. The summed E-state index contributed by atoms with van der Waals surface area (Å²) in [6, 6.07) is 1.94. The first-order valence-corrected chi connectivity index (χ1v) is 6.71. The van der Waals surface area contributed by atoms with E-state index in [1.54, 1.807) is 6.92 Å². The lowest BCUT2D eigenvalue weighted by atomic mass is 10.2. The molecule has 1 aromatic carbocycles. The second-order valence-corrected chi connectivity index (χ2v) is 5.09. The van der Waals surface area contributed by atoms with Crippen LogP contribution in [0.25, 0.3) is 0 Å². The van der Waals surface area contributed by atoms with Gasteiger partial charge < -0.3 is 10.4 Å². The van der Waals surface area contributed by atoms with Crippen LogP contribution in [0.5, 0.6) is 0 Å². The molecule has 0 fully saturated rings. The number of aromatic nitrogens is 1. The Hall–Kier alpha value is -2.35. The Morgan fingerprint density at radius 1 is 1.38 bits per heavy atom. The molecule has 0 spiro atoms. The molecule has 1 unspecified atom stereocenters. The number of halogens is 2. The van der Waals surface area contributed by atoms with Crippen LogP contribution in [-0.2, 0) is 0 Å². The predicted molar refractivity (Wildman–Crippen MR) is 71.3 cm³/mol. The van der Waals surface area contributed by atoms with Crippen molar-refractivity contribution in [3.8, 4) is 0 Å². The monoisotopic (exact) mass is 312 g/mol. The van der Waals surface area contributed by atoms with E-state index in [0.717, 1.165) is 29.5 Å². The van der Waals surface area contributed by atoms with Crippen LogP contribution in [0.3, 0.4) is 0 Å². The molecule has 110 valence electrons. The van der Waals surface area contributed by atoms with Crippen molar-refractivity contribution in [2.24, 2.45) is 0 Å². The maximum Gasteiger partial charge on any atom is 0.355 e. The molecular weight excluding hydrogens is 302 g/mol. The number of amides is 1. The third-order valence-electron chi connectivity index (χ3n) is 2.63. The van der Waals surface area contributed by atoms with Crippen molar-refractivity contribution in [3.63, 3.8) is 0 Å². The standard InChI is InChI=1S/C13H10F2N2O3S/c1-6(12-17-10(5-21-12)13(19)20)16-11(18)8-4-7(14)2-3-9(8)15/h2-6H,1H3,(H,16,18)(H,19,20). The number of benzene rings is 1.